The fraction of sp³-hybridized carbons (Fsp3) is 0.552. The standard InChI is InChI=1S/C29H37NO2/c1-5-15-29(32)16-14-26-24-12-8-20-17-22(31)11-13-23(20)27(24)25(18-28(26,29)2)19-6-9-21(10-7-19)30(3)4/h5-7,9-10,15,17,24-26,32H,8,11-14,16,18H2,1-4H3/b15-5-/t24?,25-,26?,28+,29+/m1/s1. The van der Waals surface area contributed by atoms with E-state index in [1.807, 2.05) is 19.1 Å². The number of carbonyl (C=O) groups excluding carboxylic acids is 1. The molecule has 0 aromatic heterocycles. The Morgan fingerprint density at radius 1 is 1.09 bits per heavy atom. The van der Waals surface area contributed by atoms with Crippen LogP contribution in [-0.4, -0.2) is 30.6 Å². The monoisotopic (exact) mass is 431 g/mol. The molecule has 2 unspecified atom stereocenters. The van der Waals surface area contributed by atoms with Gasteiger partial charge in [0.25, 0.3) is 0 Å². The zero-order valence-electron chi connectivity index (χ0n) is 20.0. The first kappa shape index (κ1) is 21.7. The van der Waals surface area contributed by atoms with Gasteiger partial charge in [0.15, 0.2) is 5.78 Å². The molecule has 0 aliphatic heterocycles. The third-order valence-electron chi connectivity index (χ3n) is 9.20. The van der Waals surface area contributed by atoms with Crippen LogP contribution < -0.4 is 4.90 Å². The lowest BCUT2D eigenvalue weighted by molar-refractivity contribution is -0.114. The molecule has 0 amide bonds. The number of benzene rings is 1. The van der Waals surface area contributed by atoms with Gasteiger partial charge in [0.2, 0.25) is 0 Å². The summed E-state index contributed by atoms with van der Waals surface area (Å²) in [5.74, 6) is 1.60. The van der Waals surface area contributed by atoms with E-state index in [1.165, 1.54) is 22.4 Å². The Labute approximate surface area is 192 Å². The lowest BCUT2D eigenvalue weighted by Gasteiger charge is -2.54. The second kappa shape index (κ2) is 7.73. The van der Waals surface area contributed by atoms with E-state index in [2.05, 4.69) is 56.3 Å². The number of allylic oxidation sites excluding steroid dienone is 5. The summed E-state index contributed by atoms with van der Waals surface area (Å²) in [5.41, 5.74) is 6.07. The Morgan fingerprint density at radius 3 is 2.53 bits per heavy atom. The fourth-order valence-electron chi connectivity index (χ4n) is 7.55. The Morgan fingerprint density at radius 2 is 1.84 bits per heavy atom. The summed E-state index contributed by atoms with van der Waals surface area (Å²) in [6.07, 6.45) is 12.6. The normalized spacial score (nSPS) is 36.6. The molecule has 3 nitrogen and oxygen atoms in total. The lowest BCUT2D eigenvalue weighted by atomic mass is 9.51. The maximum atomic E-state index is 12.2. The van der Waals surface area contributed by atoms with Crippen molar-refractivity contribution >= 4 is 11.5 Å². The first-order valence-electron chi connectivity index (χ1n) is 12.4. The second-order valence-electron chi connectivity index (χ2n) is 10.9. The van der Waals surface area contributed by atoms with Crippen molar-refractivity contribution in [3.05, 3.63) is 64.8 Å². The predicted octanol–water partition coefficient (Wildman–Crippen LogP) is 5.96. The van der Waals surface area contributed by atoms with E-state index in [4.69, 9.17) is 0 Å². The molecule has 170 valence electrons. The van der Waals surface area contributed by atoms with Crippen LogP contribution in [-0.2, 0) is 4.79 Å². The molecule has 5 atom stereocenters. The topological polar surface area (TPSA) is 40.5 Å². The molecule has 0 radical (unpaired) electrons. The van der Waals surface area contributed by atoms with Gasteiger partial charge in [-0.05, 0) is 92.2 Å². The smallest absolute Gasteiger partial charge is 0.156 e. The van der Waals surface area contributed by atoms with Crippen LogP contribution in [0.1, 0.15) is 70.3 Å². The molecule has 1 aromatic rings. The Balaban J connectivity index is 1.66. The average molecular weight is 432 g/mol. The van der Waals surface area contributed by atoms with Gasteiger partial charge in [-0.25, -0.2) is 0 Å². The number of hydrogen-bond donors (Lipinski definition) is 1. The van der Waals surface area contributed by atoms with Crippen molar-refractivity contribution in [1.82, 2.24) is 0 Å². The molecule has 0 heterocycles. The van der Waals surface area contributed by atoms with Gasteiger partial charge in [-0.3, -0.25) is 4.79 Å². The SMILES string of the molecule is C/C=C\[C@]1(O)CCC2C3CCC4=CC(=O)CCC4=C3[C@@H](c3ccc(N(C)C)cc3)C[C@@]21C. The van der Waals surface area contributed by atoms with Crippen LogP contribution in [0.2, 0.25) is 0 Å². The number of fused-ring (bicyclic) bond motifs is 4. The minimum absolute atomic E-state index is 0.134. The summed E-state index contributed by atoms with van der Waals surface area (Å²) in [4.78, 5) is 14.3. The summed E-state index contributed by atoms with van der Waals surface area (Å²) in [6, 6.07) is 9.04. The van der Waals surface area contributed by atoms with Crippen molar-refractivity contribution in [2.45, 2.75) is 70.3 Å². The molecule has 0 saturated heterocycles. The van der Waals surface area contributed by atoms with Crippen molar-refractivity contribution in [1.29, 1.82) is 0 Å². The Hall–Kier alpha value is -2.13. The maximum absolute atomic E-state index is 12.2. The van der Waals surface area contributed by atoms with Crippen LogP contribution in [0.5, 0.6) is 0 Å². The largest absolute Gasteiger partial charge is 0.385 e. The number of carbonyl (C=O) groups is 1. The molecule has 2 saturated carbocycles. The van der Waals surface area contributed by atoms with Gasteiger partial charge in [0, 0.05) is 37.5 Å². The lowest BCUT2D eigenvalue weighted by Crippen LogP contribution is -2.50. The summed E-state index contributed by atoms with van der Waals surface area (Å²) in [5, 5.41) is 11.8. The van der Waals surface area contributed by atoms with Crippen LogP contribution in [0.25, 0.3) is 0 Å². The molecule has 0 spiro atoms. The molecular weight excluding hydrogens is 394 g/mol. The molecule has 1 aromatic carbocycles. The first-order chi connectivity index (χ1) is 15.3. The highest BCUT2D eigenvalue weighted by atomic mass is 16.3. The molecule has 4 aliphatic rings. The molecule has 2 fully saturated rings. The van der Waals surface area contributed by atoms with E-state index in [0.717, 1.165) is 38.5 Å². The molecule has 0 bridgehead atoms. The summed E-state index contributed by atoms with van der Waals surface area (Å²) < 4.78 is 0. The van der Waals surface area contributed by atoms with Gasteiger partial charge < -0.3 is 10.0 Å². The van der Waals surface area contributed by atoms with Gasteiger partial charge in [0.05, 0.1) is 5.60 Å². The molecular formula is C29H37NO2. The van der Waals surface area contributed by atoms with Crippen LogP contribution >= 0.6 is 0 Å². The van der Waals surface area contributed by atoms with Crippen molar-refractivity contribution in [3.63, 3.8) is 0 Å². The predicted molar refractivity (Wildman–Crippen MR) is 131 cm³/mol. The van der Waals surface area contributed by atoms with E-state index >= 15 is 0 Å². The fourth-order valence-corrected chi connectivity index (χ4v) is 7.55. The summed E-state index contributed by atoms with van der Waals surface area (Å²) in [6.45, 7) is 4.38. The number of anilines is 1. The van der Waals surface area contributed by atoms with Crippen LogP contribution in [0, 0.1) is 17.3 Å². The number of ketones is 1. The highest BCUT2D eigenvalue weighted by Gasteiger charge is 2.61. The van der Waals surface area contributed by atoms with Crippen LogP contribution in [0.3, 0.4) is 0 Å². The van der Waals surface area contributed by atoms with Crippen molar-refractivity contribution in [2.75, 3.05) is 19.0 Å². The number of aliphatic hydroxyl groups is 1. The molecule has 32 heavy (non-hydrogen) atoms. The van der Waals surface area contributed by atoms with E-state index in [9.17, 15) is 9.90 Å². The molecule has 4 aliphatic carbocycles. The molecule has 3 heteroatoms. The number of rotatable bonds is 3. The quantitative estimate of drug-likeness (QED) is 0.600. The van der Waals surface area contributed by atoms with Gasteiger partial charge in [-0.2, -0.15) is 0 Å². The van der Waals surface area contributed by atoms with Crippen molar-refractivity contribution in [3.8, 4) is 0 Å². The summed E-state index contributed by atoms with van der Waals surface area (Å²) >= 11 is 0. The minimum Gasteiger partial charge on any atom is -0.385 e. The maximum Gasteiger partial charge on any atom is 0.156 e. The van der Waals surface area contributed by atoms with Gasteiger partial charge in [0.1, 0.15) is 0 Å². The zero-order valence-corrected chi connectivity index (χ0v) is 20.0. The third kappa shape index (κ3) is 3.15. The average Bonchev–Trinajstić information content (AvgIpc) is 3.03. The summed E-state index contributed by atoms with van der Waals surface area (Å²) in [7, 11) is 4.16. The van der Waals surface area contributed by atoms with E-state index in [-0.39, 0.29) is 5.41 Å². The third-order valence-corrected chi connectivity index (χ3v) is 9.20. The van der Waals surface area contributed by atoms with Gasteiger partial charge in [-0.1, -0.05) is 36.8 Å². The van der Waals surface area contributed by atoms with Crippen molar-refractivity contribution < 1.29 is 9.90 Å². The van der Waals surface area contributed by atoms with Crippen molar-refractivity contribution in [2.24, 2.45) is 17.3 Å². The van der Waals surface area contributed by atoms with E-state index < -0.39 is 5.60 Å². The number of nitrogens with zero attached hydrogens (tertiary/aromatic N) is 1. The van der Waals surface area contributed by atoms with E-state index in [0.29, 0.717) is 30.0 Å². The Kier molecular flexibility index (Phi) is 5.24. The Bertz CT molecular complexity index is 1010. The number of hydrogen-bond acceptors (Lipinski definition) is 3. The second-order valence-corrected chi connectivity index (χ2v) is 10.9. The zero-order chi connectivity index (χ0) is 22.7. The van der Waals surface area contributed by atoms with Gasteiger partial charge in [-0.15, -0.1) is 0 Å². The first-order valence-corrected chi connectivity index (χ1v) is 12.4. The minimum atomic E-state index is -0.733. The van der Waals surface area contributed by atoms with Crippen LogP contribution in [0.15, 0.2) is 59.2 Å². The van der Waals surface area contributed by atoms with E-state index in [1.54, 1.807) is 5.57 Å². The molecule has 1 N–H and O–H groups in total. The highest BCUT2D eigenvalue weighted by molar-refractivity contribution is 5.93. The van der Waals surface area contributed by atoms with Crippen LogP contribution in [0.4, 0.5) is 5.69 Å². The van der Waals surface area contributed by atoms with Gasteiger partial charge >= 0.3 is 0 Å². The highest BCUT2D eigenvalue weighted by Crippen LogP contribution is 2.67. The molecule has 5 rings (SSSR count).